The van der Waals surface area contributed by atoms with Gasteiger partial charge < -0.3 is 14.9 Å². The van der Waals surface area contributed by atoms with Gasteiger partial charge in [0.2, 0.25) is 5.88 Å². The first-order valence-corrected chi connectivity index (χ1v) is 12.3. The summed E-state index contributed by atoms with van der Waals surface area (Å²) in [6.07, 6.45) is 5.36. The van der Waals surface area contributed by atoms with Crippen molar-refractivity contribution in [1.29, 1.82) is 0 Å². The van der Waals surface area contributed by atoms with Gasteiger partial charge in [-0.05, 0) is 80.0 Å². The van der Waals surface area contributed by atoms with Crippen LogP contribution in [-0.4, -0.2) is 52.1 Å². The highest BCUT2D eigenvalue weighted by Gasteiger charge is 2.22. The number of ketones is 1. The molecule has 0 radical (unpaired) electrons. The van der Waals surface area contributed by atoms with E-state index < -0.39 is 0 Å². The average Bonchev–Trinajstić information content (AvgIpc) is 3.23. The van der Waals surface area contributed by atoms with E-state index >= 15 is 0 Å². The SMILES string of the molecule is Cl.O=C(c1ccc(OCCN2CCCCC2)nc1)c1c(-c2ccc(O)cc2)sc2cc(O)ccc12. The molecule has 0 unspecified atom stereocenters. The molecule has 8 heteroatoms. The fraction of sp³-hybridized carbons (Fsp3) is 0.259. The van der Waals surface area contributed by atoms with E-state index in [1.54, 1.807) is 60.8 Å². The van der Waals surface area contributed by atoms with Crippen molar-refractivity contribution < 1.29 is 19.7 Å². The largest absolute Gasteiger partial charge is 0.508 e. The molecule has 6 nitrogen and oxygen atoms in total. The first-order chi connectivity index (χ1) is 16.6. The Morgan fingerprint density at radius 1 is 0.971 bits per heavy atom. The van der Waals surface area contributed by atoms with Crippen LogP contribution in [0.2, 0.25) is 0 Å². The second-order valence-electron chi connectivity index (χ2n) is 8.50. The zero-order valence-electron chi connectivity index (χ0n) is 19.1. The number of piperidine rings is 1. The Labute approximate surface area is 214 Å². The van der Waals surface area contributed by atoms with Gasteiger partial charge in [-0.25, -0.2) is 4.98 Å². The number of aromatic hydroxyl groups is 2. The third kappa shape index (κ3) is 5.59. The summed E-state index contributed by atoms with van der Waals surface area (Å²) in [5.41, 5.74) is 1.86. The Balaban J connectivity index is 0.00000289. The Bertz CT molecular complexity index is 1300. The zero-order chi connectivity index (χ0) is 23.5. The van der Waals surface area contributed by atoms with Gasteiger partial charge in [0.1, 0.15) is 18.1 Å². The maximum absolute atomic E-state index is 13.6. The first kappa shape index (κ1) is 25.0. The third-order valence-corrected chi connectivity index (χ3v) is 7.34. The number of phenolic OH excluding ortho intramolecular Hbond substituents is 2. The van der Waals surface area contributed by atoms with Crippen LogP contribution in [0.5, 0.6) is 17.4 Å². The molecule has 0 spiro atoms. The van der Waals surface area contributed by atoms with E-state index in [1.807, 2.05) is 0 Å². The zero-order valence-corrected chi connectivity index (χ0v) is 20.8. The summed E-state index contributed by atoms with van der Waals surface area (Å²) in [7, 11) is 0. The number of hydrogen-bond acceptors (Lipinski definition) is 7. The van der Waals surface area contributed by atoms with Gasteiger partial charge in [0.15, 0.2) is 5.78 Å². The summed E-state index contributed by atoms with van der Waals surface area (Å²) in [5.74, 6) is 0.674. The van der Waals surface area contributed by atoms with E-state index in [9.17, 15) is 15.0 Å². The number of rotatable bonds is 7. The van der Waals surface area contributed by atoms with Crippen LogP contribution in [0.1, 0.15) is 35.2 Å². The quantitative estimate of drug-likeness (QED) is 0.301. The van der Waals surface area contributed by atoms with Crippen LogP contribution in [0.25, 0.3) is 20.5 Å². The highest BCUT2D eigenvalue weighted by molar-refractivity contribution is 7.22. The molecule has 5 rings (SSSR count). The lowest BCUT2D eigenvalue weighted by Crippen LogP contribution is -2.33. The second-order valence-corrected chi connectivity index (χ2v) is 9.55. The molecule has 4 aromatic rings. The first-order valence-electron chi connectivity index (χ1n) is 11.5. The fourth-order valence-electron chi connectivity index (χ4n) is 4.33. The summed E-state index contributed by atoms with van der Waals surface area (Å²) >= 11 is 1.44. The van der Waals surface area contributed by atoms with Crippen LogP contribution >= 0.6 is 23.7 Å². The van der Waals surface area contributed by atoms with E-state index in [1.165, 1.54) is 30.6 Å². The number of benzene rings is 2. The van der Waals surface area contributed by atoms with Crippen LogP contribution in [-0.2, 0) is 0 Å². The molecule has 35 heavy (non-hydrogen) atoms. The molecular weight excluding hydrogens is 484 g/mol. The molecule has 1 aliphatic heterocycles. The highest BCUT2D eigenvalue weighted by Crippen LogP contribution is 2.41. The van der Waals surface area contributed by atoms with Crippen molar-refractivity contribution in [2.45, 2.75) is 19.3 Å². The van der Waals surface area contributed by atoms with Crippen molar-refractivity contribution in [1.82, 2.24) is 9.88 Å². The van der Waals surface area contributed by atoms with Crippen molar-refractivity contribution in [3.8, 4) is 27.8 Å². The number of carbonyl (C=O) groups excluding carboxylic acids is 1. The minimum atomic E-state index is -0.146. The second kappa shape index (κ2) is 11.1. The molecule has 1 fully saturated rings. The third-order valence-electron chi connectivity index (χ3n) is 6.13. The number of likely N-dealkylation sites (tertiary alicyclic amines) is 1. The van der Waals surface area contributed by atoms with Gasteiger partial charge in [0, 0.05) is 44.9 Å². The number of thiophene rings is 1. The molecule has 0 saturated carbocycles. The van der Waals surface area contributed by atoms with E-state index in [2.05, 4.69) is 9.88 Å². The van der Waals surface area contributed by atoms with Crippen molar-refractivity contribution >= 4 is 39.6 Å². The lowest BCUT2D eigenvalue weighted by molar-refractivity contribution is 0.104. The van der Waals surface area contributed by atoms with Crippen LogP contribution in [0.4, 0.5) is 0 Å². The number of phenols is 2. The Hall–Kier alpha value is -3.13. The van der Waals surface area contributed by atoms with E-state index in [-0.39, 0.29) is 29.7 Å². The minimum Gasteiger partial charge on any atom is -0.508 e. The Morgan fingerprint density at radius 3 is 2.43 bits per heavy atom. The van der Waals surface area contributed by atoms with E-state index in [0.717, 1.165) is 40.2 Å². The standard InChI is InChI=1S/C27H26N2O4S.ClH/c30-20-7-4-18(5-8-20)27-25(22-10-9-21(31)16-23(22)34-27)26(32)19-6-11-24(28-17-19)33-15-14-29-12-2-1-3-13-29;/h4-11,16-17,30-31H,1-3,12-15H2;1H. The van der Waals surface area contributed by atoms with Crippen LogP contribution in [0, 0.1) is 0 Å². The summed E-state index contributed by atoms with van der Waals surface area (Å²) in [5, 5.41) is 20.4. The van der Waals surface area contributed by atoms with Gasteiger partial charge in [-0.15, -0.1) is 23.7 Å². The molecular formula is C27H27ClN2O4S. The molecule has 3 heterocycles. The maximum atomic E-state index is 13.6. The normalized spacial score (nSPS) is 13.9. The van der Waals surface area contributed by atoms with Crippen LogP contribution in [0.3, 0.4) is 0 Å². The van der Waals surface area contributed by atoms with Gasteiger partial charge in [0.25, 0.3) is 0 Å². The number of aromatic nitrogens is 1. The molecule has 0 aliphatic carbocycles. The van der Waals surface area contributed by atoms with Crippen LogP contribution in [0.15, 0.2) is 60.8 Å². The molecule has 2 aromatic heterocycles. The number of fused-ring (bicyclic) bond motifs is 1. The summed E-state index contributed by atoms with van der Waals surface area (Å²) in [6, 6.07) is 15.3. The molecule has 182 valence electrons. The van der Waals surface area contributed by atoms with Crippen molar-refractivity contribution in [2.75, 3.05) is 26.2 Å². The number of pyridine rings is 1. The molecule has 2 N–H and O–H groups in total. The maximum Gasteiger partial charge on any atom is 0.213 e. The summed E-state index contributed by atoms with van der Waals surface area (Å²) < 4.78 is 6.63. The predicted molar refractivity (Wildman–Crippen MR) is 141 cm³/mol. The van der Waals surface area contributed by atoms with Crippen LogP contribution < -0.4 is 4.74 Å². The summed E-state index contributed by atoms with van der Waals surface area (Å²) in [4.78, 5) is 21.2. The monoisotopic (exact) mass is 510 g/mol. The summed E-state index contributed by atoms with van der Waals surface area (Å²) in [6.45, 7) is 3.70. The minimum absolute atomic E-state index is 0. The Kier molecular flexibility index (Phi) is 7.90. The van der Waals surface area contributed by atoms with Crippen molar-refractivity contribution in [3.63, 3.8) is 0 Å². The Morgan fingerprint density at radius 2 is 1.71 bits per heavy atom. The van der Waals surface area contributed by atoms with Gasteiger partial charge >= 0.3 is 0 Å². The number of ether oxygens (including phenoxy) is 1. The molecule has 1 saturated heterocycles. The number of carbonyl (C=O) groups is 1. The number of halogens is 1. The average molecular weight is 511 g/mol. The predicted octanol–water partition coefficient (Wildman–Crippen LogP) is 5.89. The lowest BCUT2D eigenvalue weighted by atomic mass is 9.98. The van der Waals surface area contributed by atoms with Gasteiger partial charge in [-0.2, -0.15) is 0 Å². The van der Waals surface area contributed by atoms with E-state index in [4.69, 9.17) is 4.74 Å². The number of nitrogens with zero attached hydrogens (tertiary/aromatic N) is 2. The smallest absolute Gasteiger partial charge is 0.213 e. The van der Waals surface area contributed by atoms with Gasteiger partial charge in [-0.3, -0.25) is 9.69 Å². The topological polar surface area (TPSA) is 82.9 Å². The molecule has 0 amide bonds. The fourth-order valence-corrected chi connectivity index (χ4v) is 5.57. The van der Waals surface area contributed by atoms with Gasteiger partial charge in [-0.1, -0.05) is 6.42 Å². The molecule has 0 bridgehead atoms. The van der Waals surface area contributed by atoms with Crippen molar-refractivity contribution in [2.24, 2.45) is 0 Å². The van der Waals surface area contributed by atoms with Crippen molar-refractivity contribution in [3.05, 3.63) is 71.9 Å². The molecule has 2 aromatic carbocycles. The highest BCUT2D eigenvalue weighted by atomic mass is 35.5. The van der Waals surface area contributed by atoms with E-state index in [0.29, 0.717) is 23.6 Å². The lowest BCUT2D eigenvalue weighted by Gasteiger charge is -2.25. The molecule has 1 aliphatic rings. The molecule has 0 atom stereocenters. The number of hydrogen-bond donors (Lipinski definition) is 2. The van der Waals surface area contributed by atoms with Gasteiger partial charge in [0.05, 0.1) is 0 Å².